The number of rotatable bonds is 4. The van der Waals surface area contributed by atoms with Crippen LogP contribution in [-0.2, 0) is 0 Å². The molecule has 0 heterocycles. The van der Waals surface area contributed by atoms with Gasteiger partial charge in [-0.2, -0.15) is 0 Å². The fourth-order valence-corrected chi connectivity index (χ4v) is 1.66. The molecule has 72 valence electrons. The van der Waals surface area contributed by atoms with E-state index in [1.165, 1.54) is 0 Å². The van der Waals surface area contributed by atoms with Crippen LogP contribution in [0.4, 0.5) is 0 Å². The van der Waals surface area contributed by atoms with E-state index < -0.39 is 0 Å². The van der Waals surface area contributed by atoms with E-state index in [2.05, 4.69) is 13.8 Å². The second-order valence-corrected chi connectivity index (χ2v) is 3.43. The summed E-state index contributed by atoms with van der Waals surface area (Å²) in [5.41, 5.74) is 1.04. The average Bonchev–Trinajstić information content (AvgIpc) is 2.21. The predicted octanol–water partition coefficient (Wildman–Crippen LogP) is 3.16. The standard InChI is InChI=1S/C12H18O/c1-3-10(4-2)12(13)11-8-6-5-7-9-11/h5-10,12-13H,3-4H2,1-2H3. The third-order valence-electron chi connectivity index (χ3n) is 2.64. The van der Waals surface area contributed by atoms with Crippen molar-refractivity contribution in [1.82, 2.24) is 0 Å². The van der Waals surface area contributed by atoms with Gasteiger partial charge >= 0.3 is 0 Å². The van der Waals surface area contributed by atoms with Gasteiger partial charge in [0.1, 0.15) is 0 Å². The summed E-state index contributed by atoms with van der Waals surface area (Å²) in [7, 11) is 0. The zero-order chi connectivity index (χ0) is 9.68. The lowest BCUT2D eigenvalue weighted by atomic mass is 9.91. The quantitative estimate of drug-likeness (QED) is 0.751. The number of hydrogen-bond acceptors (Lipinski definition) is 1. The normalized spacial score (nSPS) is 13.2. The van der Waals surface area contributed by atoms with E-state index >= 15 is 0 Å². The van der Waals surface area contributed by atoms with Crippen LogP contribution in [0.1, 0.15) is 38.4 Å². The van der Waals surface area contributed by atoms with Crippen LogP contribution in [0, 0.1) is 5.92 Å². The van der Waals surface area contributed by atoms with Crippen LogP contribution in [0.5, 0.6) is 0 Å². The van der Waals surface area contributed by atoms with Gasteiger partial charge < -0.3 is 5.11 Å². The highest BCUT2D eigenvalue weighted by Gasteiger charge is 2.16. The molecule has 0 saturated carbocycles. The molecule has 0 spiro atoms. The Hall–Kier alpha value is -0.820. The van der Waals surface area contributed by atoms with Gasteiger partial charge in [-0.3, -0.25) is 0 Å². The van der Waals surface area contributed by atoms with Crippen molar-refractivity contribution < 1.29 is 5.11 Å². The van der Waals surface area contributed by atoms with Crippen molar-refractivity contribution in [2.24, 2.45) is 5.92 Å². The first-order valence-corrected chi connectivity index (χ1v) is 5.02. The van der Waals surface area contributed by atoms with Gasteiger partial charge in [0.25, 0.3) is 0 Å². The van der Waals surface area contributed by atoms with Gasteiger partial charge in [-0.15, -0.1) is 0 Å². The number of benzene rings is 1. The Morgan fingerprint density at radius 3 is 2.08 bits per heavy atom. The Bertz CT molecular complexity index is 226. The number of hydrogen-bond donors (Lipinski definition) is 1. The SMILES string of the molecule is CCC(CC)C(O)c1ccccc1. The van der Waals surface area contributed by atoms with Gasteiger partial charge in [-0.05, 0) is 11.5 Å². The van der Waals surface area contributed by atoms with Crippen molar-refractivity contribution in [2.45, 2.75) is 32.8 Å². The first-order chi connectivity index (χ1) is 6.29. The molecule has 0 saturated heterocycles. The molecule has 0 radical (unpaired) electrons. The zero-order valence-corrected chi connectivity index (χ0v) is 8.40. The molecule has 0 aliphatic rings. The minimum absolute atomic E-state index is 0.295. The third kappa shape index (κ3) is 2.56. The first kappa shape index (κ1) is 10.3. The lowest BCUT2D eigenvalue weighted by Crippen LogP contribution is -2.10. The molecule has 0 aliphatic heterocycles. The molecule has 1 nitrogen and oxygen atoms in total. The smallest absolute Gasteiger partial charge is 0.0817 e. The Balaban J connectivity index is 2.72. The second kappa shape index (κ2) is 5.03. The molecule has 1 aromatic carbocycles. The largest absolute Gasteiger partial charge is 0.388 e. The average molecular weight is 178 g/mol. The number of aliphatic hydroxyl groups is 1. The fourth-order valence-electron chi connectivity index (χ4n) is 1.66. The summed E-state index contributed by atoms with van der Waals surface area (Å²) in [5, 5.41) is 9.98. The number of aliphatic hydroxyl groups excluding tert-OH is 1. The van der Waals surface area contributed by atoms with E-state index in [1.807, 2.05) is 30.3 Å². The fraction of sp³-hybridized carbons (Fsp3) is 0.500. The van der Waals surface area contributed by atoms with Crippen molar-refractivity contribution in [2.75, 3.05) is 0 Å². The van der Waals surface area contributed by atoms with Crippen LogP contribution >= 0.6 is 0 Å². The summed E-state index contributed by atoms with van der Waals surface area (Å²) in [5.74, 6) is 0.391. The molecule has 0 aromatic heterocycles. The van der Waals surface area contributed by atoms with Crippen LogP contribution in [0.2, 0.25) is 0 Å². The zero-order valence-electron chi connectivity index (χ0n) is 8.40. The van der Waals surface area contributed by atoms with E-state index in [9.17, 15) is 5.11 Å². The highest BCUT2D eigenvalue weighted by Crippen LogP contribution is 2.26. The van der Waals surface area contributed by atoms with Crippen LogP contribution in [0.25, 0.3) is 0 Å². The van der Waals surface area contributed by atoms with E-state index in [1.54, 1.807) is 0 Å². The molecule has 1 rings (SSSR count). The molecule has 13 heavy (non-hydrogen) atoms. The molecular formula is C12H18O. The minimum Gasteiger partial charge on any atom is -0.388 e. The van der Waals surface area contributed by atoms with Crippen molar-refractivity contribution in [1.29, 1.82) is 0 Å². The molecular weight excluding hydrogens is 160 g/mol. The molecule has 0 bridgehead atoms. The summed E-state index contributed by atoms with van der Waals surface area (Å²) in [6.07, 6.45) is 1.77. The summed E-state index contributed by atoms with van der Waals surface area (Å²) < 4.78 is 0. The van der Waals surface area contributed by atoms with Gasteiger partial charge in [-0.25, -0.2) is 0 Å². The van der Waals surface area contributed by atoms with Crippen molar-refractivity contribution in [3.05, 3.63) is 35.9 Å². The lowest BCUT2D eigenvalue weighted by molar-refractivity contribution is 0.103. The predicted molar refractivity (Wildman–Crippen MR) is 55.5 cm³/mol. The minimum atomic E-state index is -0.295. The van der Waals surface area contributed by atoms with Gasteiger partial charge in [0, 0.05) is 0 Å². The molecule has 1 unspecified atom stereocenters. The Kier molecular flexibility index (Phi) is 3.97. The monoisotopic (exact) mass is 178 g/mol. The second-order valence-electron chi connectivity index (χ2n) is 3.43. The summed E-state index contributed by atoms with van der Waals surface area (Å²) in [6.45, 7) is 4.25. The Labute approximate surface area is 80.4 Å². The Morgan fingerprint density at radius 2 is 1.62 bits per heavy atom. The lowest BCUT2D eigenvalue weighted by Gasteiger charge is -2.20. The first-order valence-electron chi connectivity index (χ1n) is 5.02. The van der Waals surface area contributed by atoms with Crippen molar-refractivity contribution in [3.63, 3.8) is 0 Å². The Morgan fingerprint density at radius 1 is 1.08 bits per heavy atom. The van der Waals surface area contributed by atoms with Crippen molar-refractivity contribution in [3.8, 4) is 0 Å². The van der Waals surface area contributed by atoms with Crippen LogP contribution < -0.4 is 0 Å². The van der Waals surface area contributed by atoms with E-state index in [0.29, 0.717) is 5.92 Å². The molecule has 0 amide bonds. The van der Waals surface area contributed by atoms with Crippen molar-refractivity contribution >= 4 is 0 Å². The van der Waals surface area contributed by atoms with E-state index in [-0.39, 0.29) is 6.10 Å². The molecule has 1 atom stereocenters. The third-order valence-corrected chi connectivity index (χ3v) is 2.64. The molecule has 1 aromatic rings. The van der Waals surface area contributed by atoms with E-state index in [0.717, 1.165) is 18.4 Å². The summed E-state index contributed by atoms with van der Waals surface area (Å²) in [6, 6.07) is 9.90. The summed E-state index contributed by atoms with van der Waals surface area (Å²) in [4.78, 5) is 0. The van der Waals surface area contributed by atoms with Gasteiger partial charge in [0.15, 0.2) is 0 Å². The maximum atomic E-state index is 9.98. The maximum Gasteiger partial charge on any atom is 0.0817 e. The topological polar surface area (TPSA) is 20.2 Å². The summed E-state index contributed by atoms with van der Waals surface area (Å²) >= 11 is 0. The highest BCUT2D eigenvalue weighted by atomic mass is 16.3. The van der Waals surface area contributed by atoms with Crippen LogP contribution in [0.3, 0.4) is 0 Å². The molecule has 1 N–H and O–H groups in total. The van der Waals surface area contributed by atoms with Crippen LogP contribution in [-0.4, -0.2) is 5.11 Å². The van der Waals surface area contributed by atoms with Crippen LogP contribution in [0.15, 0.2) is 30.3 Å². The molecule has 0 fully saturated rings. The molecule has 1 heteroatoms. The highest BCUT2D eigenvalue weighted by molar-refractivity contribution is 5.17. The van der Waals surface area contributed by atoms with E-state index in [4.69, 9.17) is 0 Å². The molecule has 0 aliphatic carbocycles. The van der Waals surface area contributed by atoms with Gasteiger partial charge in [-0.1, -0.05) is 57.0 Å². The van der Waals surface area contributed by atoms with Gasteiger partial charge in [0.2, 0.25) is 0 Å². The maximum absolute atomic E-state index is 9.98. The van der Waals surface area contributed by atoms with Gasteiger partial charge in [0.05, 0.1) is 6.10 Å².